The fourth-order valence-electron chi connectivity index (χ4n) is 2.70. The summed E-state index contributed by atoms with van der Waals surface area (Å²) >= 11 is 1.54. The van der Waals surface area contributed by atoms with Gasteiger partial charge in [0.2, 0.25) is 15.9 Å². The summed E-state index contributed by atoms with van der Waals surface area (Å²) in [6.07, 6.45) is -0.0598. The largest absolute Gasteiger partial charge is 0.373 e. The quantitative estimate of drug-likeness (QED) is 0.761. The smallest absolute Gasteiger partial charge is 0.226 e. The van der Waals surface area contributed by atoms with E-state index in [9.17, 15) is 13.2 Å². The Morgan fingerprint density at radius 3 is 2.60 bits per heavy atom. The van der Waals surface area contributed by atoms with Crippen LogP contribution < -0.4 is 5.32 Å². The number of aromatic nitrogens is 1. The summed E-state index contributed by atoms with van der Waals surface area (Å²) in [5, 5.41) is 5.55. The molecule has 9 heteroatoms. The van der Waals surface area contributed by atoms with Crippen LogP contribution in [0.15, 0.2) is 5.38 Å². The molecule has 0 radical (unpaired) electrons. The van der Waals surface area contributed by atoms with E-state index in [0.29, 0.717) is 19.0 Å². The topological polar surface area (TPSA) is 88.6 Å². The molecule has 1 N–H and O–H groups in total. The van der Waals surface area contributed by atoms with Crippen LogP contribution in [0, 0.1) is 0 Å². The van der Waals surface area contributed by atoms with Gasteiger partial charge in [0.1, 0.15) is 0 Å². The summed E-state index contributed by atoms with van der Waals surface area (Å²) in [7, 11) is -3.40. The number of morpholine rings is 1. The summed E-state index contributed by atoms with van der Waals surface area (Å²) in [6, 6.07) is 0. The molecule has 0 spiro atoms. The fraction of sp³-hybridized carbons (Fsp3) is 0.750. The maximum Gasteiger partial charge on any atom is 0.226 e. The lowest BCUT2D eigenvalue weighted by atomic mass is 10.2. The number of carbonyl (C=O) groups is 1. The minimum atomic E-state index is -3.40. The average Bonchev–Trinajstić information content (AvgIpc) is 2.94. The fourth-order valence-corrected chi connectivity index (χ4v) is 5.03. The predicted molar refractivity (Wildman–Crippen MR) is 98.3 cm³/mol. The van der Waals surface area contributed by atoms with E-state index in [1.165, 1.54) is 4.31 Å². The monoisotopic (exact) mass is 389 g/mol. The Morgan fingerprint density at radius 1 is 1.40 bits per heavy atom. The molecule has 25 heavy (non-hydrogen) atoms. The number of nitrogens with zero attached hydrogens (tertiary/aromatic N) is 2. The van der Waals surface area contributed by atoms with Crippen LogP contribution in [0.5, 0.6) is 0 Å². The zero-order valence-corrected chi connectivity index (χ0v) is 16.8. The molecule has 2 heterocycles. The van der Waals surface area contributed by atoms with Gasteiger partial charge in [-0.2, -0.15) is 4.31 Å². The summed E-state index contributed by atoms with van der Waals surface area (Å²) in [5.41, 5.74) is 0.727. The van der Waals surface area contributed by atoms with Crippen molar-refractivity contribution in [1.29, 1.82) is 0 Å². The summed E-state index contributed by atoms with van der Waals surface area (Å²) in [5.74, 6) is 0.0248. The molecule has 0 unspecified atom stereocenters. The van der Waals surface area contributed by atoms with E-state index in [0.717, 1.165) is 10.7 Å². The van der Waals surface area contributed by atoms with Gasteiger partial charge in [-0.15, -0.1) is 11.3 Å². The van der Waals surface area contributed by atoms with Crippen molar-refractivity contribution in [3.05, 3.63) is 16.1 Å². The highest BCUT2D eigenvalue weighted by atomic mass is 32.2. The highest BCUT2D eigenvalue weighted by molar-refractivity contribution is 7.89. The molecule has 1 saturated heterocycles. The molecule has 0 aromatic carbocycles. The minimum absolute atomic E-state index is 0.0997. The Labute approximate surface area is 153 Å². The van der Waals surface area contributed by atoms with Gasteiger partial charge in [-0.25, -0.2) is 13.4 Å². The van der Waals surface area contributed by atoms with Gasteiger partial charge in [-0.3, -0.25) is 4.79 Å². The number of ether oxygens (including phenoxy) is 1. The predicted octanol–water partition coefficient (Wildman–Crippen LogP) is 1.36. The minimum Gasteiger partial charge on any atom is -0.373 e. The molecule has 1 aromatic rings. The van der Waals surface area contributed by atoms with E-state index >= 15 is 0 Å². The maximum absolute atomic E-state index is 12.4. The van der Waals surface area contributed by atoms with Crippen molar-refractivity contribution < 1.29 is 17.9 Å². The number of carbonyl (C=O) groups excluding carboxylic acids is 1. The van der Waals surface area contributed by atoms with E-state index < -0.39 is 10.0 Å². The van der Waals surface area contributed by atoms with Crippen LogP contribution in [0.3, 0.4) is 0 Å². The number of sulfonamides is 1. The molecular formula is C16H27N3O4S2. The van der Waals surface area contributed by atoms with Gasteiger partial charge in [0, 0.05) is 30.9 Å². The van der Waals surface area contributed by atoms with E-state index in [-0.39, 0.29) is 36.8 Å². The van der Waals surface area contributed by atoms with Crippen molar-refractivity contribution in [3.63, 3.8) is 0 Å². The lowest BCUT2D eigenvalue weighted by molar-refractivity contribution is -0.120. The zero-order valence-electron chi connectivity index (χ0n) is 15.2. The third-order valence-electron chi connectivity index (χ3n) is 3.87. The molecule has 1 aliphatic rings. The van der Waals surface area contributed by atoms with Gasteiger partial charge >= 0.3 is 0 Å². The SMILES string of the molecule is CC(C)c1nc(CC(=O)NCCS(=O)(=O)N2C[C@@H](C)O[C@H](C)C2)cs1. The van der Waals surface area contributed by atoms with Gasteiger partial charge in [-0.1, -0.05) is 13.8 Å². The molecule has 1 aliphatic heterocycles. The second-order valence-electron chi connectivity index (χ2n) is 6.75. The molecule has 0 saturated carbocycles. The Balaban J connectivity index is 1.79. The van der Waals surface area contributed by atoms with Gasteiger partial charge < -0.3 is 10.1 Å². The summed E-state index contributed by atoms with van der Waals surface area (Å²) in [6.45, 7) is 8.65. The number of thiazole rings is 1. The van der Waals surface area contributed by atoms with Crippen LogP contribution in [-0.2, 0) is 26.0 Å². The highest BCUT2D eigenvalue weighted by Crippen LogP contribution is 2.19. The number of rotatable bonds is 7. The Bertz CT molecular complexity index is 677. The van der Waals surface area contributed by atoms with Crippen molar-refractivity contribution in [2.24, 2.45) is 0 Å². The van der Waals surface area contributed by atoms with E-state index in [1.54, 1.807) is 11.3 Å². The summed E-state index contributed by atoms with van der Waals surface area (Å²) < 4.78 is 31.8. The van der Waals surface area contributed by atoms with Gasteiger partial charge in [0.25, 0.3) is 0 Å². The first-order chi connectivity index (χ1) is 11.7. The third kappa shape index (κ3) is 6.02. The normalized spacial score (nSPS) is 22.3. The Morgan fingerprint density at radius 2 is 2.04 bits per heavy atom. The van der Waals surface area contributed by atoms with Crippen LogP contribution >= 0.6 is 11.3 Å². The van der Waals surface area contributed by atoms with Crippen LogP contribution in [0.2, 0.25) is 0 Å². The van der Waals surface area contributed by atoms with Crippen molar-refractivity contribution in [2.75, 3.05) is 25.4 Å². The molecular weight excluding hydrogens is 362 g/mol. The van der Waals surface area contributed by atoms with E-state index in [1.807, 2.05) is 19.2 Å². The molecule has 2 atom stereocenters. The van der Waals surface area contributed by atoms with Crippen LogP contribution in [0.4, 0.5) is 0 Å². The van der Waals surface area contributed by atoms with Crippen LogP contribution in [0.1, 0.15) is 44.3 Å². The van der Waals surface area contributed by atoms with E-state index in [4.69, 9.17) is 4.74 Å². The third-order valence-corrected chi connectivity index (χ3v) is 6.87. The average molecular weight is 390 g/mol. The molecule has 1 aromatic heterocycles. The Hall–Kier alpha value is -1.03. The first-order valence-electron chi connectivity index (χ1n) is 8.51. The van der Waals surface area contributed by atoms with Crippen molar-refractivity contribution in [3.8, 4) is 0 Å². The molecule has 1 amide bonds. The second kappa shape index (κ2) is 8.57. The van der Waals surface area contributed by atoms with Crippen molar-refractivity contribution >= 4 is 27.3 Å². The lowest BCUT2D eigenvalue weighted by Gasteiger charge is -2.34. The molecule has 1 fully saturated rings. The molecule has 2 rings (SSSR count). The van der Waals surface area contributed by atoms with Crippen LogP contribution in [-0.4, -0.2) is 61.2 Å². The zero-order chi connectivity index (χ0) is 18.6. The molecule has 142 valence electrons. The van der Waals surface area contributed by atoms with Crippen LogP contribution in [0.25, 0.3) is 0 Å². The first kappa shape index (κ1) is 20.3. The molecule has 0 aliphatic carbocycles. The molecule has 7 nitrogen and oxygen atoms in total. The van der Waals surface area contributed by atoms with E-state index in [2.05, 4.69) is 24.1 Å². The maximum atomic E-state index is 12.4. The van der Waals surface area contributed by atoms with Gasteiger partial charge in [0.05, 0.1) is 35.1 Å². The second-order valence-corrected chi connectivity index (χ2v) is 9.73. The lowest BCUT2D eigenvalue weighted by Crippen LogP contribution is -2.49. The number of hydrogen-bond donors (Lipinski definition) is 1. The molecule has 0 bridgehead atoms. The highest BCUT2D eigenvalue weighted by Gasteiger charge is 2.30. The first-order valence-corrected chi connectivity index (χ1v) is 11.0. The Kier molecular flexibility index (Phi) is 6.95. The van der Waals surface area contributed by atoms with Crippen molar-refractivity contribution in [1.82, 2.24) is 14.6 Å². The van der Waals surface area contributed by atoms with Gasteiger partial charge in [-0.05, 0) is 13.8 Å². The number of amides is 1. The van der Waals surface area contributed by atoms with Gasteiger partial charge in [0.15, 0.2) is 0 Å². The standard InChI is InChI=1S/C16H27N3O4S2/c1-11(2)16-18-14(10-24-16)7-15(20)17-5-6-25(21,22)19-8-12(3)23-13(4)9-19/h10-13H,5-9H2,1-4H3,(H,17,20)/t12-,13-/m1/s1. The summed E-state index contributed by atoms with van der Waals surface area (Å²) in [4.78, 5) is 16.4. The number of nitrogens with one attached hydrogen (secondary N) is 1. The van der Waals surface area contributed by atoms with Crippen molar-refractivity contribution in [2.45, 2.75) is 52.2 Å². The number of hydrogen-bond acceptors (Lipinski definition) is 6.